The van der Waals surface area contributed by atoms with Gasteiger partial charge in [-0.05, 0) is 63.0 Å². The summed E-state index contributed by atoms with van der Waals surface area (Å²) in [5, 5.41) is 15.6. The summed E-state index contributed by atoms with van der Waals surface area (Å²) in [6, 6.07) is 8.73. The molecule has 0 radical (unpaired) electrons. The highest BCUT2D eigenvalue weighted by molar-refractivity contribution is 5.89. The molecule has 0 spiro atoms. The molecule has 144 valence electrons. The summed E-state index contributed by atoms with van der Waals surface area (Å²) in [5.74, 6) is -1.56. The van der Waals surface area contributed by atoms with Gasteiger partial charge in [0.25, 0.3) is 0 Å². The molecule has 0 saturated heterocycles. The van der Waals surface area contributed by atoms with Crippen molar-refractivity contribution in [2.45, 2.75) is 37.5 Å². The number of carbonyl (C=O) groups is 2. The Bertz CT molecular complexity index is 585. The van der Waals surface area contributed by atoms with Crippen molar-refractivity contribution in [3.63, 3.8) is 0 Å². The van der Waals surface area contributed by atoms with E-state index in [1.165, 1.54) is 44.2 Å². The van der Waals surface area contributed by atoms with Gasteiger partial charge in [0.15, 0.2) is 0 Å². The highest BCUT2D eigenvalue weighted by Crippen LogP contribution is 2.44. The number of nitrogens with zero attached hydrogens (tertiary/aromatic N) is 1. The highest BCUT2D eigenvalue weighted by Gasteiger charge is 2.35. The van der Waals surface area contributed by atoms with E-state index >= 15 is 0 Å². The Balaban J connectivity index is 0.000000359. The van der Waals surface area contributed by atoms with Crippen molar-refractivity contribution in [2.24, 2.45) is 0 Å². The van der Waals surface area contributed by atoms with Crippen LogP contribution >= 0.6 is 0 Å². The van der Waals surface area contributed by atoms with Crippen LogP contribution in [0.25, 0.3) is 0 Å². The summed E-state index contributed by atoms with van der Waals surface area (Å²) in [5.41, 5.74) is 1.92. The van der Waals surface area contributed by atoms with Crippen LogP contribution < -0.4 is 4.74 Å². The zero-order valence-corrected chi connectivity index (χ0v) is 15.8. The molecule has 6 heteroatoms. The van der Waals surface area contributed by atoms with Crippen LogP contribution in [0, 0.1) is 0 Å². The minimum atomic E-state index is -1.26. The average Bonchev–Trinajstić information content (AvgIpc) is 3.09. The lowest BCUT2D eigenvalue weighted by atomic mass is 9.76. The molecule has 2 rings (SSSR count). The van der Waals surface area contributed by atoms with Crippen LogP contribution in [0.4, 0.5) is 0 Å². The Labute approximate surface area is 155 Å². The first-order valence-electron chi connectivity index (χ1n) is 8.72. The van der Waals surface area contributed by atoms with Crippen LogP contribution in [-0.4, -0.2) is 54.8 Å². The number of hydrogen-bond acceptors (Lipinski definition) is 4. The molecule has 1 saturated carbocycles. The van der Waals surface area contributed by atoms with E-state index < -0.39 is 11.9 Å². The summed E-state index contributed by atoms with van der Waals surface area (Å²) < 4.78 is 5.25. The normalized spacial score (nSPS) is 15.5. The smallest absolute Gasteiger partial charge is 0.328 e. The van der Waals surface area contributed by atoms with Gasteiger partial charge >= 0.3 is 11.9 Å². The van der Waals surface area contributed by atoms with Crippen LogP contribution in [-0.2, 0) is 15.0 Å². The predicted molar refractivity (Wildman–Crippen MR) is 101 cm³/mol. The van der Waals surface area contributed by atoms with Crippen LogP contribution in [0.15, 0.2) is 36.4 Å². The SMILES string of the molecule is COc1ccc(C2(CCN(C)C)CCCC2)cc1.O=C(O)C=CC(=O)O. The molecule has 0 aromatic heterocycles. The minimum absolute atomic E-state index is 0.413. The van der Waals surface area contributed by atoms with Crippen molar-refractivity contribution in [1.29, 1.82) is 0 Å². The van der Waals surface area contributed by atoms with Crippen LogP contribution in [0.3, 0.4) is 0 Å². The molecule has 0 heterocycles. The molecule has 6 nitrogen and oxygen atoms in total. The quantitative estimate of drug-likeness (QED) is 0.724. The molecule has 0 unspecified atom stereocenters. The standard InChI is InChI=1S/C16H25NO.C4H4O4/c1-17(2)13-12-16(10-4-5-11-16)14-6-8-15(18-3)9-7-14;5-3(6)1-2-4(7)8/h6-9H,4-5,10-13H2,1-3H3;1-2H,(H,5,6)(H,7,8). The van der Waals surface area contributed by atoms with Crippen molar-refractivity contribution in [3.8, 4) is 5.75 Å². The van der Waals surface area contributed by atoms with E-state index in [0.29, 0.717) is 17.6 Å². The number of benzene rings is 1. The molecule has 2 N–H and O–H groups in total. The average molecular weight is 363 g/mol. The van der Waals surface area contributed by atoms with Crippen molar-refractivity contribution in [2.75, 3.05) is 27.7 Å². The summed E-state index contributed by atoms with van der Waals surface area (Å²) in [7, 11) is 6.06. The molecule has 1 fully saturated rings. The predicted octanol–water partition coefficient (Wildman–Crippen LogP) is 3.17. The lowest BCUT2D eigenvalue weighted by Crippen LogP contribution is -2.28. The zero-order chi connectivity index (χ0) is 19.6. The maximum atomic E-state index is 9.55. The fraction of sp³-hybridized carbons (Fsp3) is 0.500. The van der Waals surface area contributed by atoms with Gasteiger partial charge in [0.05, 0.1) is 7.11 Å². The third-order valence-corrected chi connectivity index (χ3v) is 4.67. The highest BCUT2D eigenvalue weighted by atomic mass is 16.5. The van der Waals surface area contributed by atoms with Gasteiger partial charge < -0.3 is 19.8 Å². The summed E-state index contributed by atoms with van der Waals surface area (Å²) in [4.78, 5) is 21.4. The molecule has 0 amide bonds. The van der Waals surface area contributed by atoms with Gasteiger partial charge in [-0.25, -0.2) is 9.59 Å². The molecule has 1 aliphatic carbocycles. The Morgan fingerprint density at radius 1 is 1.08 bits per heavy atom. The van der Waals surface area contributed by atoms with E-state index in [-0.39, 0.29) is 0 Å². The number of carboxylic acid groups (broad SMARTS) is 2. The van der Waals surface area contributed by atoms with E-state index in [1.54, 1.807) is 7.11 Å². The van der Waals surface area contributed by atoms with Crippen molar-refractivity contribution >= 4 is 11.9 Å². The van der Waals surface area contributed by atoms with Crippen molar-refractivity contribution in [1.82, 2.24) is 4.90 Å². The van der Waals surface area contributed by atoms with Crippen LogP contribution in [0.1, 0.15) is 37.7 Å². The van der Waals surface area contributed by atoms with Gasteiger partial charge in [-0.2, -0.15) is 0 Å². The number of hydrogen-bond donors (Lipinski definition) is 2. The number of rotatable bonds is 7. The largest absolute Gasteiger partial charge is 0.497 e. The van der Waals surface area contributed by atoms with Crippen LogP contribution in [0.5, 0.6) is 5.75 Å². The van der Waals surface area contributed by atoms with E-state index in [0.717, 1.165) is 5.75 Å². The van der Waals surface area contributed by atoms with Gasteiger partial charge in [0.2, 0.25) is 0 Å². The molecular formula is C20H29NO5. The number of methoxy groups -OCH3 is 1. The monoisotopic (exact) mass is 363 g/mol. The molecule has 0 aliphatic heterocycles. The van der Waals surface area contributed by atoms with Gasteiger partial charge in [-0.15, -0.1) is 0 Å². The summed E-state index contributed by atoms with van der Waals surface area (Å²) in [6.45, 7) is 1.17. The Morgan fingerprint density at radius 2 is 1.58 bits per heavy atom. The number of ether oxygens (including phenoxy) is 1. The maximum Gasteiger partial charge on any atom is 0.328 e. The molecule has 1 aliphatic rings. The van der Waals surface area contributed by atoms with E-state index in [1.807, 2.05) is 0 Å². The summed E-state index contributed by atoms with van der Waals surface area (Å²) in [6.07, 6.45) is 7.82. The number of aliphatic carboxylic acids is 2. The van der Waals surface area contributed by atoms with Crippen molar-refractivity contribution in [3.05, 3.63) is 42.0 Å². The Kier molecular flexibility index (Phi) is 8.85. The molecular weight excluding hydrogens is 334 g/mol. The second-order valence-electron chi connectivity index (χ2n) is 6.78. The lowest BCUT2D eigenvalue weighted by molar-refractivity contribution is -0.134. The van der Waals surface area contributed by atoms with Crippen molar-refractivity contribution < 1.29 is 24.5 Å². The first-order valence-corrected chi connectivity index (χ1v) is 8.72. The first kappa shape index (κ1) is 21.7. The number of carboxylic acids is 2. The lowest BCUT2D eigenvalue weighted by Gasteiger charge is -2.31. The minimum Gasteiger partial charge on any atom is -0.497 e. The molecule has 26 heavy (non-hydrogen) atoms. The Hall–Kier alpha value is -2.34. The van der Waals surface area contributed by atoms with Gasteiger partial charge in [0.1, 0.15) is 5.75 Å². The third kappa shape index (κ3) is 7.27. The van der Waals surface area contributed by atoms with Crippen LogP contribution in [0.2, 0.25) is 0 Å². The second-order valence-corrected chi connectivity index (χ2v) is 6.78. The van der Waals surface area contributed by atoms with Gasteiger partial charge in [-0.3, -0.25) is 0 Å². The first-order chi connectivity index (χ1) is 12.3. The maximum absolute atomic E-state index is 9.55. The molecule has 1 aromatic rings. The molecule has 0 bridgehead atoms. The topological polar surface area (TPSA) is 87.1 Å². The van der Waals surface area contributed by atoms with E-state index in [9.17, 15) is 9.59 Å². The fourth-order valence-corrected chi connectivity index (χ4v) is 3.26. The van der Waals surface area contributed by atoms with Gasteiger partial charge in [-0.1, -0.05) is 25.0 Å². The fourth-order valence-electron chi connectivity index (χ4n) is 3.26. The van der Waals surface area contributed by atoms with Gasteiger partial charge in [0, 0.05) is 12.2 Å². The second kappa shape index (κ2) is 10.6. The zero-order valence-electron chi connectivity index (χ0n) is 15.8. The van der Waals surface area contributed by atoms with E-state index in [2.05, 4.69) is 43.3 Å². The Morgan fingerprint density at radius 3 is 1.96 bits per heavy atom. The van der Waals surface area contributed by atoms with E-state index in [4.69, 9.17) is 14.9 Å². The third-order valence-electron chi connectivity index (χ3n) is 4.67. The summed E-state index contributed by atoms with van der Waals surface area (Å²) >= 11 is 0. The molecule has 1 aromatic carbocycles. The molecule has 0 atom stereocenters.